The Morgan fingerprint density at radius 1 is 1.24 bits per heavy atom. The maximum Gasteiger partial charge on any atom is 0.142 e. The molecule has 2 rings (SSSR count). The van der Waals surface area contributed by atoms with Gasteiger partial charge in [0.25, 0.3) is 0 Å². The number of hydrogen-bond donors (Lipinski definition) is 1. The molecule has 0 fully saturated rings. The fourth-order valence-electron chi connectivity index (χ4n) is 1.46. The Hall–Kier alpha value is -1.74. The standard InChI is InChI=1S/C13H13ClN2O/c14-10-4-5-13(12(15)9-10)17-8-6-11-3-1-2-7-16-11/h1-5,7,9H,6,8,15H2. The summed E-state index contributed by atoms with van der Waals surface area (Å²) in [5.74, 6) is 0.658. The van der Waals surface area contributed by atoms with Crippen LogP contribution in [0.2, 0.25) is 5.02 Å². The zero-order valence-corrected chi connectivity index (χ0v) is 10.0. The van der Waals surface area contributed by atoms with Gasteiger partial charge in [-0.3, -0.25) is 4.98 Å². The van der Waals surface area contributed by atoms with E-state index in [-0.39, 0.29) is 0 Å². The summed E-state index contributed by atoms with van der Waals surface area (Å²) in [4.78, 5) is 4.21. The third-order valence-electron chi connectivity index (χ3n) is 2.31. The molecule has 2 N–H and O–H groups in total. The molecular weight excluding hydrogens is 236 g/mol. The summed E-state index contributed by atoms with van der Waals surface area (Å²) in [6.07, 6.45) is 2.52. The van der Waals surface area contributed by atoms with E-state index in [1.54, 1.807) is 24.4 Å². The summed E-state index contributed by atoms with van der Waals surface area (Å²) in [6.45, 7) is 0.544. The van der Waals surface area contributed by atoms with Crippen LogP contribution in [0.1, 0.15) is 5.69 Å². The molecule has 4 heteroatoms. The van der Waals surface area contributed by atoms with Crippen LogP contribution in [-0.2, 0) is 6.42 Å². The Morgan fingerprint density at radius 2 is 2.12 bits per heavy atom. The number of aromatic nitrogens is 1. The number of nitrogen functional groups attached to an aromatic ring is 1. The molecule has 1 aromatic carbocycles. The molecule has 0 amide bonds. The van der Waals surface area contributed by atoms with Gasteiger partial charge in [-0.05, 0) is 30.3 Å². The van der Waals surface area contributed by atoms with Crippen LogP contribution in [0.4, 0.5) is 5.69 Å². The van der Waals surface area contributed by atoms with Gasteiger partial charge in [-0.15, -0.1) is 0 Å². The van der Waals surface area contributed by atoms with Crippen LogP contribution >= 0.6 is 11.6 Å². The normalized spacial score (nSPS) is 10.2. The van der Waals surface area contributed by atoms with Crippen molar-refractivity contribution in [2.45, 2.75) is 6.42 Å². The van der Waals surface area contributed by atoms with Crippen LogP contribution in [0.25, 0.3) is 0 Å². The Labute approximate surface area is 105 Å². The maximum absolute atomic E-state index is 5.80. The maximum atomic E-state index is 5.80. The minimum Gasteiger partial charge on any atom is -0.491 e. The van der Waals surface area contributed by atoms with Crippen molar-refractivity contribution in [1.29, 1.82) is 0 Å². The van der Waals surface area contributed by atoms with Crippen molar-refractivity contribution < 1.29 is 4.74 Å². The van der Waals surface area contributed by atoms with Crippen molar-refractivity contribution in [1.82, 2.24) is 4.98 Å². The molecule has 0 atom stereocenters. The predicted molar refractivity (Wildman–Crippen MR) is 69.3 cm³/mol. The average molecular weight is 249 g/mol. The van der Waals surface area contributed by atoms with Gasteiger partial charge in [0.05, 0.1) is 12.3 Å². The molecule has 0 spiro atoms. The summed E-state index contributed by atoms with van der Waals surface area (Å²) in [7, 11) is 0. The average Bonchev–Trinajstić information content (AvgIpc) is 2.33. The second-order valence-corrected chi connectivity index (χ2v) is 4.04. The van der Waals surface area contributed by atoms with Crippen LogP contribution in [0.15, 0.2) is 42.6 Å². The number of nitrogens with zero attached hydrogens (tertiary/aromatic N) is 1. The monoisotopic (exact) mass is 248 g/mol. The first kappa shape index (κ1) is 11.7. The molecule has 17 heavy (non-hydrogen) atoms. The molecule has 1 aromatic heterocycles. The van der Waals surface area contributed by atoms with Gasteiger partial charge in [-0.25, -0.2) is 0 Å². The van der Waals surface area contributed by atoms with Gasteiger partial charge in [-0.1, -0.05) is 17.7 Å². The summed E-state index contributed by atoms with van der Waals surface area (Å²) in [5.41, 5.74) is 7.33. The Kier molecular flexibility index (Phi) is 3.83. The fraction of sp³-hybridized carbons (Fsp3) is 0.154. The number of rotatable bonds is 4. The molecule has 0 saturated carbocycles. The summed E-state index contributed by atoms with van der Waals surface area (Å²) in [5, 5.41) is 0.611. The molecule has 0 aliphatic rings. The van der Waals surface area contributed by atoms with Crippen molar-refractivity contribution >= 4 is 17.3 Å². The van der Waals surface area contributed by atoms with E-state index in [1.807, 2.05) is 18.2 Å². The van der Waals surface area contributed by atoms with Gasteiger partial charge in [-0.2, -0.15) is 0 Å². The molecule has 0 bridgehead atoms. The van der Waals surface area contributed by atoms with Gasteiger partial charge in [0.15, 0.2) is 0 Å². The third-order valence-corrected chi connectivity index (χ3v) is 2.55. The van der Waals surface area contributed by atoms with Crippen LogP contribution in [0.5, 0.6) is 5.75 Å². The van der Waals surface area contributed by atoms with E-state index in [0.29, 0.717) is 23.1 Å². The Morgan fingerprint density at radius 3 is 2.82 bits per heavy atom. The molecule has 0 unspecified atom stereocenters. The van der Waals surface area contributed by atoms with Crippen LogP contribution in [0, 0.1) is 0 Å². The first-order valence-electron chi connectivity index (χ1n) is 5.33. The first-order chi connectivity index (χ1) is 8.25. The summed E-state index contributed by atoms with van der Waals surface area (Å²) in [6, 6.07) is 11.0. The zero-order valence-electron chi connectivity index (χ0n) is 9.27. The number of anilines is 1. The molecule has 0 aliphatic carbocycles. The van der Waals surface area contributed by atoms with Crippen molar-refractivity contribution in [3.05, 3.63) is 53.3 Å². The SMILES string of the molecule is Nc1cc(Cl)ccc1OCCc1ccccn1. The van der Waals surface area contributed by atoms with E-state index < -0.39 is 0 Å². The van der Waals surface area contributed by atoms with E-state index in [0.717, 1.165) is 12.1 Å². The second-order valence-electron chi connectivity index (χ2n) is 3.60. The predicted octanol–water partition coefficient (Wildman–Crippen LogP) is 2.94. The number of ether oxygens (including phenoxy) is 1. The topological polar surface area (TPSA) is 48.1 Å². The van der Waals surface area contributed by atoms with Crippen LogP contribution in [-0.4, -0.2) is 11.6 Å². The highest BCUT2D eigenvalue weighted by molar-refractivity contribution is 6.30. The number of nitrogens with two attached hydrogens (primary N) is 1. The van der Waals surface area contributed by atoms with Gasteiger partial charge in [0.1, 0.15) is 5.75 Å². The molecule has 88 valence electrons. The van der Waals surface area contributed by atoms with Crippen molar-refractivity contribution in [2.24, 2.45) is 0 Å². The van der Waals surface area contributed by atoms with Crippen LogP contribution < -0.4 is 10.5 Å². The minimum atomic E-state index is 0.544. The lowest BCUT2D eigenvalue weighted by Crippen LogP contribution is -2.04. The van der Waals surface area contributed by atoms with E-state index >= 15 is 0 Å². The quantitative estimate of drug-likeness (QED) is 0.847. The molecule has 0 aliphatic heterocycles. The van der Waals surface area contributed by atoms with Gasteiger partial charge >= 0.3 is 0 Å². The smallest absolute Gasteiger partial charge is 0.142 e. The van der Waals surface area contributed by atoms with E-state index in [2.05, 4.69) is 4.98 Å². The second kappa shape index (κ2) is 5.55. The molecule has 3 nitrogen and oxygen atoms in total. The highest BCUT2D eigenvalue weighted by atomic mass is 35.5. The van der Waals surface area contributed by atoms with Gasteiger partial charge < -0.3 is 10.5 Å². The summed E-state index contributed by atoms with van der Waals surface area (Å²) < 4.78 is 5.57. The lowest BCUT2D eigenvalue weighted by atomic mass is 10.3. The van der Waals surface area contributed by atoms with Crippen LogP contribution in [0.3, 0.4) is 0 Å². The number of halogens is 1. The van der Waals surface area contributed by atoms with E-state index in [1.165, 1.54) is 0 Å². The molecular formula is C13H13ClN2O. The Bertz CT molecular complexity index is 488. The minimum absolute atomic E-state index is 0.544. The number of benzene rings is 1. The van der Waals surface area contributed by atoms with E-state index in [9.17, 15) is 0 Å². The van der Waals surface area contributed by atoms with Crippen molar-refractivity contribution in [3.8, 4) is 5.75 Å². The lowest BCUT2D eigenvalue weighted by molar-refractivity contribution is 0.322. The first-order valence-corrected chi connectivity index (χ1v) is 5.71. The third kappa shape index (κ3) is 3.36. The van der Waals surface area contributed by atoms with Gasteiger partial charge in [0.2, 0.25) is 0 Å². The highest BCUT2D eigenvalue weighted by Gasteiger charge is 2.01. The van der Waals surface area contributed by atoms with Crippen molar-refractivity contribution in [3.63, 3.8) is 0 Å². The Balaban J connectivity index is 1.90. The lowest BCUT2D eigenvalue weighted by Gasteiger charge is -2.08. The number of hydrogen-bond acceptors (Lipinski definition) is 3. The molecule has 0 saturated heterocycles. The van der Waals surface area contributed by atoms with Crippen molar-refractivity contribution in [2.75, 3.05) is 12.3 Å². The molecule has 2 aromatic rings. The molecule has 0 radical (unpaired) electrons. The fourth-order valence-corrected chi connectivity index (χ4v) is 1.64. The zero-order chi connectivity index (χ0) is 12.1. The van der Waals surface area contributed by atoms with E-state index in [4.69, 9.17) is 22.1 Å². The highest BCUT2D eigenvalue weighted by Crippen LogP contribution is 2.24. The van der Waals surface area contributed by atoms with Gasteiger partial charge in [0, 0.05) is 23.3 Å². The largest absolute Gasteiger partial charge is 0.491 e. The summed E-state index contributed by atoms with van der Waals surface area (Å²) >= 11 is 5.80. The number of pyridine rings is 1. The molecule has 1 heterocycles.